The van der Waals surface area contributed by atoms with Crippen LogP contribution in [0.5, 0.6) is 5.75 Å². The Morgan fingerprint density at radius 2 is 2.00 bits per heavy atom. The molecule has 0 fully saturated rings. The van der Waals surface area contributed by atoms with Crippen LogP contribution in [0.1, 0.15) is 21.9 Å². The minimum Gasteiger partial charge on any atom is -0.497 e. The molecule has 2 rings (SSSR count). The summed E-state index contributed by atoms with van der Waals surface area (Å²) in [7, 11) is 2.93. The summed E-state index contributed by atoms with van der Waals surface area (Å²) in [4.78, 5) is 15.2. The van der Waals surface area contributed by atoms with Crippen molar-refractivity contribution < 1.29 is 23.4 Å². The first kappa shape index (κ1) is 15.1. The molecule has 0 radical (unpaired) electrons. The molecule has 1 aromatic heterocycles. The normalized spacial score (nSPS) is 10.4. The first-order valence-corrected chi connectivity index (χ1v) is 6.46. The van der Waals surface area contributed by atoms with E-state index in [1.807, 2.05) is 24.3 Å². The zero-order valence-corrected chi connectivity index (χ0v) is 12.0. The van der Waals surface area contributed by atoms with Gasteiger partial charge in [-0.3, -0.25) is 0 Å². The molecule has 0 N–H and O–H groups in total. The summed E-state index contributed by atoms with van der Waals surface area (Å²) >= 11 is 0. The van der Waals surface area contributed by atoms with Gasteiger partial charge in [-0.1, -0.05) is 12.1 Å². The predicted octanol–water partition coefficient (Wildman–Crippen LogP) is 2.23. The molecule has 1 aromatic carbocycles. The van der Waals surface area contributed by atoms with Gasteiger partial charge in [0.1, 0.15) is 12.0 Å². The molecule has 0 atom stereocenters. The largest absolute Gasteiger partial charge is 0.497 e. The first-order chi connectivity index (χ1) is 10.2. The van der Waals surface area contributed by atoms with Crippen LogP contribution in [0.3, 0.4) is 0 Å². The van der Waals surface area contributed by atoms with Gasteiger partial charge in [0.05, 0.1) is 27.4 Å². The van der Waals surface area contributed by atoms with E-state index in [-0.39, 0.29) is 5.69 Å². The number of carbonyl (C=O) groups excluding carboxylic acids is 1. The highest BCUT2D eigenvalue weighted by atomic mass is 16.5. The van der Waals surface area contributed by atoms with E-state index in [1.54, 1.807) is 7.11 Å². The Balaban J connectivity index is 1.74. The highest BCUT2D eigenvalue weighted by Crippen LogP contribution is 2.12. The Bertz CT molecular complexity index is 576. The lowest BCUT2D eigenvalue weighted by molar-refractivity contribution is 0.0594. The molecule has 6 heteroatoms. The van der Waals surface area contributed by atoms with Crippen molar-refractivity contribution in [2.45, 2.75) is 13.0 Å². The SMILES string of the molecule is COC(=O)c1coc(CCOCc2ccc(OC)cc2)n1. The van der Waals surface area contributed by atoms with Crippen molar-refractivity contribution in [1.82, 2.24) is 4.98 Å². The fraction of sp³-hybridized carbons (Fsp3) is 0.333. The summed E-state index contributed by atoms with van der Waals surface area (Å²) in [5.41, 5.74) is 1.22. The van der Waals surface area contributed by atoms with Gasteiger partial charge in [-0.05, 0) is 17.7 Å². The van der Waals surface area contributed by atoms with Crippen LogP contribution in [-0.4, -0.2) is 31.8 Å². The molecule has 6 nitrogen and oxygen atoms in total. The molecule has 2 aromatic rings. The third-order valence-electron chi connectivity index (χ3n) is 2.83. The van der Waals surface area contributed by atoms with E-state index in [0.717, 1.165) is 11.3 Å². The maximum Gasteiger partial charge on any atom is 0.360 e. The lowest BCUT2D eigenvalue weighted by Crippen LogP contribution is -2.03. The van der Waals surface area contributed by atoms with E-state index in [2.05, 4.69) is 9.72 Å². The fourth-order valence-corrected chi connectivity index (χ4v) is 1.70. The summed E-state index contributed by atoms with van der Waals surface area (Å²) in [6, 6.07) is 7.66. The van der Waals surface area contributed by atoms with Crippen LogP contribution in [0.4, 0.5) is 0 Å². The third kappa shape index (κ3) is 4.32. The average molecular weight is 291 g/mol. The van der Waals surface area contributed by atoms with Crippen LogP contribution in [0.25, 0.3) is 0 Å². The Hall–Kier alpha value is -2.34. The maximum absolute atomic E-state index is 11.2. The topological polar surface area (TPSA) is 70.8 Å². The third-order valence-corrected chi connectivity index (χ3v) is 2.83. The van der Waals surface area contributed by atoms with Gasteiger partial charge in [-0.15, -0.1) is 0 Å². The molecule has 0 spiro atoms. The second kappa shape index (κ2) is 7.44. The monoisotopic (exact) mass is 291 g/mol. The smallest absolute Gasteiger partial charge is 0.360 e. The molecule has 0 unspecified atom stereocenters. The quantitative estimate of drug-likeness (QED) is 0.575. The molecular formula is C15H17NO5. The summed E-state index contributed by atoms with van der Waals surface area (Å²) in [5, 5.41) is 0. The highest BCUT2D eigenvalue weighted by molar-refractivity contribution is 5.86. The number of aromatic nitrogens is 1. The summed E-state index contributed by atoms with van der Waals surface area (Å²) < 4.78 is 20.3. The van der Waals surface area contributed by atoms with Crippen molar-refractivity contribution >= 4 is 5.97 Å². The molecule has 0 amide bonds. The number of nitrogens with zero attached hydrogens (tertiary/aromatic N) is 1. The number of ether oxygens (including phenoxy) is 3. The molecule has 0 aliphatic rings. The molecule has 112 valence electrons. The van der Waals surface area contributed by atoms with Gasteiger partial charge >= 0.3 is 5.97 Å². The number of rotatable bonds is 7. The number of hydrogen-bond donors (Lipinski definition) is 0. The molecule has 21 heavy (non-hydrogen) atoms. The van der Waals surface area contributed by atoms with Crippen molar-refractivity contribution in [2.24, 2.45) is 0 Å². The van der Waals surface area contributed by atoms with Crippen molar-refractivity contribution in [3.05, 3.63) is 47.7 Å². The molecule has 0 saturated heterocycles. The summed E-state index contributed by atoms with van der Waals surface area (Å²) in [6.07, 6.45) is 1.78. The number of hydrogen-bond acceptors (Lipinski definition) is 6. The summed E-state index contributed by atoms with van der Waals surface area (Å²) in [6.45, 7) is 0.946. The van der Waals surface area contributed by atoms with E-state index < -0.39 is 5.97 Å². The molecule has 0 aliphatic heterocycles. The van der Waals surface area contributed by atoms with Gasteiger partial charge in [0.25, 0.3) is 0 Å². The van der Waals surface area contributed by atoms with Crippen LogP contribution in [0, 0.1) is 0 Å². The number of oxazole rings is 1. The lowest BCUT2D eigenvalue weighted by atomic mass is 10.2. The maximum atomic E-state index is 11.2. The van der Waals surface area contributed by atoms with Crippen LogP contribution in [0.2, 0.25) is 0 Å². The zero-order chi connectivity index (χ0) is 15.1. The van der Waals surface area contributed by atoms with Gasteiger partial charge in [0.15, 0.2) is 11.6 Å². The van der Waals surface area contributed by atoms with Crippen molar-refractivity contribution in [3.63, 3.8) is 0 Å². The van der Waals surface area contributed by atoms with E-state index in [0.29, 0.717) is 25.5 Å². The van der Waals surface area contributed by atoms with Crippen LogP contribution in [0.15, 0.2) is 34.9 Å². The van der Waals surface area contributed by atoms with E-state index >= 15 is 0 Å². The number of esters is 1. The van der Waals surface area contributed by atoms with Crippen LogP contribution in [-0.2, 0) is 22.5 Å². The highest BCUT2D eigenvalue weighted by Gasteiger charge is 2.11. The predicted molar refractivity (Wildman–Crippen MR) is 74.2 cm³/mol. The number of methoxy groups -OCH3 is 2. The summed E-state index contributed by atoms with van der Waals surface area (Å²) in [5.74, 6) is 0.753. The Kier molecular flexibility index (Phi) is 5.34. The van der Waals surface area contributed by atoms with Gasteiger partial charge < -0.3 is 18.6 Å². The zero-order valence-electron chi connectivity index (χ0n) is 12.0. The van der Waals surface area contributed by atoms with Gasteiger partial charge in [0, 0.05) is 6.42 Å². The second-order valence-corrected chi connectivity index (χ2v) is 4.27. The Labute approximate surface area is 122 Å². The fourth-order valence-electron chi connectivity index (χ4n) is 1.70. The Morgan fingerprint density at radius 1 is 1.24 bits per heavy atom. The van der Waals surface area contributed by atoms with Crippen LogP contribution < -0.4 is 4.74 Å². The average Bonchev–Trinajstić information content (AvgIpc) is 3.00. The van der Waals surface area contributed by atoms with Gasteiger partial charge in [-0.25, -0.2) is 9.78 Å². The van der Waals surface area contributed by atoms with Gasteiger partial charge in [0.2, 0.25) is 0 Å². The molecular weight excluding hydrogens is 274 g/mol. The van der Waals surface area contributed by atoms with Crippen molar-refractivity contribution in [3.8, 4) is 5.75 Å². The molecule has 0 aliphatic carbocycles. The first-order valence-electron chi connectivity index (χ1n) is 6.46. The Morgan fingerprint density at radius 3 is 2.67 bits per heavy atom. The lowest BCUT2D eigenvalue weighted by Gasteiger charge is -2.04. The molecule has 0 bridgehead atoms. The standard InChI is InChI=1S/C15H17NO5/c1-18-12-5-3-11(4-6-12)9-20-8-7-14-16-13(10-21-14)15(17)19-2/h3-6,10H,7-9H2,1-2H3. The van der Waals surface area contributed by atoms with E-state index in [4.69, 9.17) is 13.9 Å². The second-order valence-electron chi connectivity index (χ2n) is 4.27. The van der Waals surface area contributed by atoms with Crippen molar-refractivity contribution in [1.29, 1.82) is 0 Å². The van der Waals surface area contributed by atoms with Crippen molar-refractivity contribution in [2.75, 3.05) is 20.8 Å². The van der Waals surface area contributed by atoms with E-state index in [9.17, 15) is 4.79 Å². The minimum absolute atomic E-state index is 0.169. The van der Waals surface area contributed by atoms with Gasteiger partial charge in [-0.2, -0.15) is 0 Å². The van der Waals surface area contributed by atoms with E-state index in [1.165, 1.54) is 13.4 Å². The number of carbonyl (C=O) groups is 1. The molecule has 0 saturated carbocycles. The number of benzene rings is 1. The molecule has 1 heterocycles. The minimum atomic E-state index is -0.510. The van der Waals surface area contributed by atoms with Crippen LogP contribution >= 0.6 is 0 Å².